The minimum absolute atomic E-state index is 0.161. The zero-order chi connectivity index (χ0) is 13.0. The van der Waals surface area contributed by atoms with Crippen LogP contribution in [0.1, 0.15) is 17.3 Å². The number of phenols is 1. The van der Waals surface area contributed by atoms with Gasteiger partial charge in [-0.3, -0.25) is 14.9 Å². The Hall–Kier alpha value is -2.37. The minimum atomic E-state index is -0.717. The highest BCUT2D eigenvalue weighted by Gasteiger charge is 2.15. The van der Waals surface area contributed by atoms with Crippen molar-refractivity contribution in [2.75, 3.05) is 6.54 Å². The number of carbonyl (C=O) groups excluding carboxylic acids is 1. The number of nitrogens with zero attached hydrogens (tertiary/aromatic N) is 1. The topological polar surface area (TPSA) is 92.5 Å². The Morgan fingerprint density at radius 1 is 1.59 bits per heavy atom. The van der Waals surface area contributed by atoms with Crippen LogP contribution in [0.15, 0.2) is 30.4 Å². The molecule has 0 aliphatic carbocycles. The number of amides is 1. The summed E-state index contributed by atoms with van der Waals surface area (Å²) in [6.07, 6.45) is 0. The standard InChI is InChI=1S/C11H12N2O4/c1-7(2)6-12-11(15)8-3-4-9(13(16)17)10(14)5-8/h3-5,14H,1,6H2,2H3,(H,12,15). The first-order chi connectivity index (χ1) is 7.91. The Bertz CT molecular complexity index is 482. The molecule has 0 bridgehead atoms. The summed E-state index contributed by atoms with van der Waals surface area (Å²) < 4.78 is 0. The van der Waals surface area contributed by atoms with Crippen LogP contribution in [0.3, 0.4) is 0 Å². The van der Waals surface area contributed by atoms with Gasteiger partial charge in [0, 0.05) is 18.2 Å². The number of aromatic hydroxyl groups is 1. The zero-order valence-corrected chi connectivity index (χ0v) is 9.27. The van der Waals surface area contributed by atoms with Gasteiger partial charge >= 0.3 is 5.69 Å². The molecule has 0 spiro atoms. The van der Waals surface area contributed by atoms with Crippen molar-refractivity contribution in [3.63, 3.8) is 0 Å². The summed E-state index contributed by atoms with van der Waals surface area (Å²) in [5.41, 5.74) is 0.514. The number of benzene rings is 1. The first-order valence-corrected chi connectivity index (χ1v) is 4.82. The second kappa shape index (κ2) is 5.11. The van der Waals surface area contributed by atoms with Gasteiger partial charge in [0.25, 0.3) is 5.91 Å². The van der Waals surface area contributed by atoms with Crippen molar-refractivity contribution in [3.8, 4) is 5.75 Å². The van der Waals surface area contributed by atoms with Crippen molar-refractivity contribution in [2.24, 2.45) is 0 Å². The van der Waals surface area contributed by atoms with Crippen LogP contribution in [0.2, 0.25) is 0 Å². The number of nitro benzene ring substituents is 1. The third kappa shape index (κ3) is 3.30. The first kappa shape index (κ1) is 12.7. The molecule has 0 saturated carbocycles. The number of hydrogen-bond donors (Lipinski definition) is 2. The maximum absolute atomic E-state index is 11.5. The van der Waals surface area contributed by atoms with Crippen LogP contribution in [0, 0.1) is 10.1 Å². The molecule has 0 radical (unpaired) electrons. The number of nitro groups is 1. The Kier molecular flexibility index (Phi) is 3.82. The van der Waals surface area contributed by atoms with Crippen LogP contribution in [0.5, 0.6) is 5.75 Å². The van der Waals surface area contributed by atoms with Gasteiger partial charge in [-0.15, -0.1) is 0 Å². The summed E-state index contributed by atoms with van der Waals surface area (Å²) >= 11 is 0. The molecule has 0 heterocycles. The van der Waals surface area contributed by atoms with Crippen molar-refractivity contribution >= 4 is 11.6 Å². The molecule has 0 aromatic heterocycles. The van der Waals surface area contributed by atoms with Gasteiger partial charge in [-0.2, -0.15) is 0 Å². The summed E-state index contributed by atoms with van der Waals surface area (Å²) in [6.45, 7) is 5.70. The number of phenolic OH excluding ortho intramolecular Hbond substituents is 1. The van der Waals surface area contributed by atoms with E-state index < -0.39 is 22.3 Å². The molecule has 2 N–H and O–H groups in total. The molecule has 1 aromatic rings. The molecular formula is C11H12N2O4. The van der Waals surface area contributed by atoms with E-state index in [9.17, 15) is 20.0 Å². The highest BCUT2D eigenvalue weighted by molar-refractivity contribution is 5.95. The second-order valence-corrected chi connectivity index (χ2v) is 3.60. The van der Waals surface area contributed by atoms with E-state index in [1.165, 1.54) is 6.07 Å². The lowest BCUT2D eigenvalue weighted by Gasteiger charge is -2.05. The van der Waals surface area contributed by atoms with Crippen LogP contribution >= 0.6 is 0 Å². The van der Waals surface area contributed by atoms with Crippen LogP contribution in [0.25, 0.3) is 0 Å². The molecule has 1 aromatic carbocycles. The molecule has 17 heavy (non-hydrogen) atoms. The molecule has 0 aliphatic heterocycles. The largest absolute Gasteiger partial charge is 0.502 e. The van der Waals surface area contributed by atoms with E-state index in [1.807, 2.05) is 0 Å². The Labute approximate surface area is 97.7 Å². The van der Waals surface area contributed by atoms with Crippen LogP contribution in [-0.2, 0) is 0 Å². The lowest BCUT2D eigenvalue weighted by Crippen LogP contribution is -2.24. The summed E-state index contributed by atoms with van der Waals surface area (Å²) in [6, 6.07) is 3.43. The monoisotopic (exact) mass is 236 g/mol. The molecule has 0 aliphatic rings. The zero-order valence-electron chi connectivity index (χ0n) is 9.27. The highest BCUT2D eigenvalue weighted by atomic mass is 16.6. The Balaban J connectivity index is 2.86. The van der Waals surface area contributed by atoms with Crippen LogP contribution in [-0.4, -0.2) is 22.5 Å². The molecule has 90 valence electrons. The van der Waals surface area contributed by atoms with Crippen LogP contribution < -0.4 is 5.32 Å². The van der Waals surface area contributed by atoms with Crippen molar-refractivity contribution in [3.05, 3.63) is 46.0 Å². The summed E-state index contributed by atoms with van der Waals surface area (Å²) in [4.78, 5) is 21.3. The molecule has 6 heteroatoms. The van der Waals surface area contributed by atoms with Gasteiger partial charge in [-0.1, -0.05) is 12.2 Å². The van der Waals surface area contributed by atoms with Crippen LogP contribution in [0.4, 0.5) is 5.69 Å². The molecule has 0 fully saturated rings. The third-order valence-electron chi connectivity index (χ3n) is 1.99. The predicted octanol–water partition coefficient (Wildman–Crippen LogP) is 1.61. The molecule has 6 nitrogen and oxygen atoms in total. The van der Waals surface area contributed by atoms with Gasteiger partial charge in [0.15, 0.2) is 5.75 Å². The maximum atomic E-state index is 11.5. The average molecular weight is 236 g/mol. The maximum Gasteiger partial charge on any atom is 0.310 e. The molecule has 1 amide bonds. The minimum Gasteiger partial charge on any atom is -0.502 e. The fourth-order valence-corrected chi connectivity index (χ4v) is 1.15. The number of hydrogen-bond acceptors (Lipinski definition) is 4. The number of carbonyl (C=O) groups is 1. The third-order valence-corrected chi connectivity index (χ3v) is 1.99. The highest BCUT2D eigenvalue weighted by Crippen LogP contribution is 2.26. The van der Waals surface area contributed by atoms with Crippen molar-refractivity contribution in [2.45, 2.75) is 6.92 Å². The van der Waals surface area contributed by atoms with Gasteiger partial charge in [0.1, 0.15) is 0 Å². The first-order valence-electron chi connectivity index (χ1n) is 4.82. The van der Waals surface area contributed by atoms with E-state index >= 15 is 0 Å². The molecular weight excluding hydrogens is 224 g/mol. The average Bonchev–Trinajstić information content (AvgIpc) is 2.25. The summed E-state index contributed by atoms with van der Waals surface area (Å²) in [5, 5.41) is 22.4. The van der Waals surface area contributed by atoms with E-state index in [0.717, 1.165) is 17.7 Å². The Morgan fingerprint density at radius 2 is 2.24 bits per heavy atom. The van der Waals surface area contributed by atoms with E-state index in [-0.39, 0.29) is 5.56 Å². The second-order valence-electron chi connectivity index (χ2n) is 3.60. The van der Waals surface area contributed by atoms with E-state index in [2.05, 4.69) is 11.9 Å². The van der Waals surface area contributed by atoms with E-state index in [0.29, 0.717) is 6.54 Å². The van der Waals surface area contributed by atoms with Crippen molar-refractivity contribution in [1.82, 2.24) is 5.32 Å². The number of nitrogens with one attached hydrogen (secondary N) is 1. The SMILES string of the molecule is C=C(C)CNC(=O)c1ccc([N+](=O)[O-])c(O)c1. The summed E-state index contributed by atoms with van der Waals surface area (Å²) in [7, 11) is 0. The van der Waals surface area contributed by atoms with E-state index in [1.54, 1.807) is 6.92 Å². The quantitative estimate of drug-likeness (QED) is 0.472. The molecule has 0 unspecified atom stereocenters. The van der Waals surface area contributed by atoms with Crippen molar-refractivity contribution < 1.29 is 14.8 Å². The fraction of sp³-hybridized carbons (Fsp3) is 0.182. The van der Waals surface area contributed by atoms with Gasteiger partial charge in [-0.05, 0) is 19.1 Å². The summed E-state index contributed by atoms with van der Waals surface area (Å²) in [5.74, 6) is -0.948. The molecule has 1 rings (SSSR count). The van der Waals surface area contributed by atoms with Gasteiger partial charge in [-0.25, -0.2) is 0 Å². The van der Waals surface area contributed by atoms with Gasteiger partial charge in [0.05, 0.1) is 4.92 Å². The Morgan fingerprint density at radius 3 is 2.71 bits per heavy atom. The van der Waals surface area contributed by atoms with Crippen molar-refractivity contribution in [1.29, 1.82) is 0 Å². The lowest BCUT2D eigenvalue weighted by molar-refractivity contribution is -0.385. The normalized spacial score (nSPS) is 9.71. The lowest BCUT2D eigenvalue weighted by atomic mass is 10.1. The molecule has 0 atom stereocenters. The molecule has 0 saturated heterocycles. The van der Waals surface area contributed by atoms with E-state index in [4.69, 9.17) is 0 Å². The number of rotatable bonds is 4. The van der Waals surface area contributed by atoms with Gasteiger partial charge in [0.2, 0.25) is 0 Å². The predicted molar refractivity (Wildman–Crippen MR) is 61.9 cm³/mol. The van der Waals surface area contributed by atoms with Gasteiger partial charge < -0.3 is 10.4 Å². The fourth-order valence-electron chi connectivity index (χ4n) is 1.15. The smallest absolute Gasteiger partial charge is 0.310 e.